The van der Waals surface area contributed by atoms with Gasteiger partial charge in [-0.15, -0.1) is 0 Å². The van der Waals surface area contributed by atoms with Crippen LogP contribution in [0.2, 0.25) is 0 Å². The number of hydrogen-bond donors (Lipinski definition) is 4. The van der Waals surface area contributed by atoms with Crippen LogP contribution in [0.3, 0.4) is 0 Å². The highest BCUT2D eigenvalue weighted by Crippen LogP contribution is 2.25. The number of hydrogen-bond acceptors (Lipinski definition) is 6. The molecule has 0 saturated heterocycles. The molecule has 0 aliphatic carbocycles. The molecule has 0 fully saturated rings. The number of carbonyl (C=O) groups is 2. The number of aryl methyl sites for hydroxylation is 1. The lowest BCUT2D eigenvalue weighted by Crippen LogP contribution is -2.31. The van der Waals surface area contributed by atoms with Crippen LogP contribution in [0.5, 0.6) is 0 Å². The van der Waals surface area contributed by atoms with E-state index in [2.05, 4.69) is 10.2 Å². The lowest BCUT2D eigenvalue weighted by Gasteiger charge is -2.13. The van der Waals surface area contributed by atoms with Crippen molar-refractivity contribution in [2.75, 3.05) is 11.9 Å². The molecule has 134 valence electrons. The first-order valence-corrected chi connectivity index (χ1v) is 7.37. The maximum atomic E-state index is 14.1. The zero-order chi connectivity index (χ0) is 19.1. The summed E-state index contributed by atoms with van der Waals surface area (Å²) >= 11 is 0. The number of anilines is 2. The van der Waals surface area contributed by atoms with E-state index in [9.17, 15) is 14.0 Å². The second-order valence-corrected chi connectivity index (χ2v) is 5.24. The molecule has 2 aromatic rings. The van der Waals surface area contributed by atoms with Crippen molar-refractivity contribution in [2.45, 2.75) is 6.92 Å². The number of benzene rings is 2. The average molecular weight is 358 g/mol. The van der Waals surface area contributed by atoms with Gasteiger partial charge in [-0.1, -0.05) is 6.07 Å². The fourth-order valence-electron chi connectivity index (χ4n) is 2.04. The zero-order valence-electron chi connectivity index (χ0n) is 13.7. The summed E-state index contributed by atoms with van der Waals surface area (Å²) in [6.07, 6.45) is 0. The minimum absolute atomic E-state index is 0.0633. The van der Waals surface area contributed by atoms with Crippen LogP contribution in [-0.2, 0) is 9.63 Å². The molecule has 0 aliphatic rings. The third-order valence-corrected chi connectivity index (χ3v) is 3.28. The topological polar surface area (TPSA) is 123 Å². The van der Waals surface area contributed by atoms with Crippen LogP contribution in [-0.4, -0.2) is 23.6 Å². The smallest absolute Gasteiger partial charge is 0.276 e. The summed E-state index contributed by atoms with van der Waals surface area (Å²) in [5.74, 6) is -2.10. The van der Waals surface area contributed by atoms with Crippen LogP contribution in [0.15, 0.2) is 36.4 Å². The normalized spacial score (nSPS) is 9.92. The summed E-state index contributed by atoms with van der Waals surface area (Å²) in [5.41, 5.74) is 4.73. The van der Waals surface area contributed by atoms with E-state index in [-0.39, 0.29) is 22.5 Å². The number of amides is 2. The molecule has 0 saturated carbocycles. The molecule has 0 heterocycles. The molecule has 0 spiro atoms. The van der Waals surface area contributed by atoms with Gasteiger partial charge in [0.1, 0.15) is 5.82 Å². The maximum Gasteiger partial charge on any atom is 0.276 e. The Morgan fingerprint density at radius 3 is 2.65 bits per heavy atom. The lowest BCUT2D eigenvalue weighted by atomic mass is 10.1. The van der Waals surface area contributed by atoms with E-state index in [1.54, 1.807) is 13.0 Å². The number of nitriles is 1. The van der Waals surface area contributed by atoms with Crippen LogP contribution >= 0.6 is 0 Å². The van der Waals surface area contributed by atoms with Gasteiger partial charge < -0.3 is 5.32 Å². The monoisotopic (exact) mass is 358 g/mol. The van der Waals surface area contributed by atoms with Crippen LogP contribution < -0.4 is 16.3 Å². The number of carbonyl (C=O) groups excluding carboxylic acids is 2. The third kappa shape index (κ3) is 4.76. The van der Waals surface area contributed by atoms with Gasteiger partial charge in [-0.25, -0.2) is 15.4 Å². The molecular weight excluding hydrogens is 343 g/mol. The highest BCUT2D eigenvalue weighted by molar-refractivity contribution is 6.00. The number of nitrogens with zero attached hydrogens (tertiary/aromatic N) is 1. The van der Waals surface area contributed by atoms with Gasteiger partial charge in [0.25, 0.3) is 11.8 Å². The molecule has 0 aliphatic heterocycles. The van der Waals surface area contributed by atoms with Crippen LogP contribution in [0.4, 0.5) is 15.8 Å². The average Bonchev–Trinajstić information content (AvgIpc) is 2.63. The fraction of sp³-hybridized carbons (Fsp3) is 0.118. The van der Waals surface area contributed by atoms with Gasteiger partial charge in [0.15, 0.2) is 6.61 Å². The van der Waals surface area contributed by atoms with Gasteiger partial charge in [0.05, 0.1) is 28.6 Å². The summed E-state index contributed by atoms with van der Waals surface area (Å²) in [6, 6.07) is 10.6. The van der Waals surface area contributed by atoms with Crippen LogP contribution in [0.1, 0.15) is 21.5 Å². The van der Waals surface area contributed by atoms with E-state index < -0.39 is 24.2 Å². The van der Waals surface area contributed by atoms with E-state index in [4.69, 9.17) is 10.5 Å². The highest BCUT2D eigenvalue weighted by Gasteiger charge is 2.15. The van der Waals surface area contributed by atoms with Crippen molar-refractivity contribution in [3.63, 3.8) is 0 Å². The fourth-order valence-corrected chi connectivity index (χ4v) is 2.04. The summed E-state index contributed by atoms with van der Waals surface area (Å²) in [4.78, 5) is 27.7. The Morgan fingerprint density at radius 2 is 2.00 bits per heavy atom. The van der Waals surface area contributed by atoms with Gasteiger partial charge in [0.2, 0.25) is 0 Å². The molecule has 0 aromatic heterocycles. The van der Waals surface area contributed by atoms with Gasteiger partial charge in [-0.2, -0.15) is 5.26 Å². The van der Waals surface area contributed by atoms with E-state index in [0.717, 1.165) is 5.56 Å². The Morgan fingerprint density at radius 1 is 1.23 bits per heavy atom. The molecule has 4 N–H and O–H groups in total. The van der Waals surface area contributed by atoms with E-state index >= 15 is 0 Å². The maximum absolute atomic E-state index is 14.1. The SMILES string of the molecule is Cc1ccc(Nc2cc(C#N)ccc2C(=O)NOCC(=O)NO)c(F)c1. The largest absolute Gasteiger partial charge is 0.352 e. The predicted octanol–water partition coefficient (Wildman–Crippen LogP) is 1.92. The van der Waals surface area contributed by atoms with Gasteiger partial charge in [-0.05, 0) is 42.8 Å². The Bertz CT molecular complexity index is 880. The van der Waals surface area contributed by atoms with Gasteiger partial charge in [-0.3, -0.25) is 19.6 Å². The minimum atomic E-state index is -0.856. The zero-order valence-corrected chi connectivity index (χ0v) is 13.7. The number of rotatable bonds is 6. The Labute approximate surface area is 148 Å². The first-order chi connectivity index (χ1) is 12.4. The van der Waals surface area contributed by atoms with Crippen molar-refractivity contribution >= 4 is 23.2 Å². The molecule has 2 aromatic carbocycles. The summed E-state index contributed by atoms with van der Waals surface area (Å²) < 4.78 is 14.1. The number of nitrogens with one attached hydrogen (secondary N) is 3. The van der Waals surface area contributed by atoms with E-state index in [0.29, 0.717) is 0 Å². The van der Waals surface area contributed by atoms with E-state index in [1.165, 1.54) is 35.8 Å². The second-order valence-electron chi connectivity index (χ2n) is 5.24. The Hall–Kier alpha value is -3.48. The van der Waals surface area contributed by atoms with Crippen molar-refractivity contribution in [1.82, 2.24) is 11.0 Å². The van der Waals surface area contributed by atoms with Crippen molar-refractivity contribution in [2.24, 2.45) is 0 Å². The quantitative estimate of drug-likeness (QED) is 0.462. The van der Waals surface area contributed by atoms with Crippen molar-refractivity contribution in [3.8, 4) is 6.07 Å². The predicted molar refractivity (Wildman–Crippen MR) is 88.9 cm³/mol. The number of hydroxylamine groups is 2. The molecule has 8 nitrogen and oxygen atoms in total. The van der Waals surface area contributed by atoms with Gasteiger partial charge in [0, 0.05) is 0 Å². The molecular formula is C17H15FN4O4. The molecule has 0 atom stereocenters. The molecule has 0 unspecified atom stereocenters. The van der Waals surface area contributed by atoms with Crippen molar-refractivity contribution in [1.29, 1.82) is 5.26 Å². The van der Waals surface area contributed by atoms with Crippen LogP contribution in [0.25, 0.3) is 0 Å². The summed E-state index contributed by atoms with van der Waals surface area (Å²) in [7, 11) is 0. The lowest BCUT2D eigenvalue weighted by molar-refractivity contribution is -0.135. The van der Waals surface area contributed by atoms with Crippen molar-refractivity contribution in [3.05, 3.63) is 58.9 Å². The van der Waals surface area contributed by atoms with E-state index in [1.807, 2.05) is 11.5 Å². The Balaban J connectivity index is 2.25. The van der Waals surface area contributed by atoms with Gasteiger partial charge >= 0.3 is 0 Å². The molecule has 2 rings (SSSR count). The standard InChI is InChI=1S/C17H15FN4O4/c1-10-2-5-14(13(18)6-10)20-15-7-11(8-19)3-4-12(15)17(24)22-26-9-16(23)21-25/h2-7,20,25H,9H2,1H3,(H,21,23)(H,22,24). The Kier molecular flexibility index (Phi) is 6.21. The number of halogens is 1. The first kappa shape index (κ1) is 18.9. The van der Waals surface area contributed by atoms with Crippen LogP contribution in [0, 0.1) is 24.1 Å². The molecule has 2 amide bonds. The first-order valence-electron chi connectivity index (χ1n) is 7.37. The molecule has 0 radical (unpaired) electrons. The van der Waals surface area contributed by atoms with Crippen molar-refractivity contribution < 1.29 is 24.0 Å². The third-order valence-electron chi connectivity index (χ3n) is 3.28. The second kappa shape index (κ2) is 8.57. The summed E-state index contributed by atoms with van der Waals surface area (Å²) in [6.45, 7) is 1.13. The highest BCUT2D eigenvalue weighted by atomic mass is 19.1. The molecule has 26 heavy (non-hydrogen) atoms. The molecule has 9 heteroatoms. The summed E-state index contributed by atoms with van der Waals surface area (Å²) in [5, 5.41) is 20.2. The minimum Gasteiger partial charge on any atom is -0.352 e. The molecule has 0 bridgehead atoms.